The summed E-state index contributed by atoms with van der Waals surface area (Å²) in [6.07, 6.45) is 2.60. The topological polar surface area (TPSA) is 54.0 Å². The number of carbonyl (C=O) groups excluding carboxylic acids is 1. The second kappa shape index (κ2) is 7.68. The first-order valence-electron chi connectivity index (χ1n) is 8.95. The maximum atomic E-state index is 12.4. The number of hydrogen-bond donors (Lipinski definition) is 0. The predicted molar refractivity (Wildman–Crippen MR) is 101 cm³/mol. The molecule has 138 valence electrons. The van der Waals surface area contributed by atoms with E-state index in [-0.39, 0.29) is 5.97 Å². The molecule has 5 heteroatoms. The van der Waals surface area contributed by atoms with Crippen LogP contribution in [-0.4, -0.2) is 32.9 Å². The Morgan fingerprint density at radius 1 is 0.962 bits per heavy atom. The lowest BCUT2D eigenvalue weighted by atomic mass is 9.87. The predicted octanol–water partition coefficient (Wildman–Crippen LogP) is 4.36. The van der Waals surface area contributed by atoms with E-state index in [0.29, 0.717) is 37.6 Å². The summed E-state index contributed by atoms with van der Waals surface area (Å²) in [4.78, 5) is 12.4. The maximum Gasteiger partial charge on any atom is 0.338 e. The fraction of sp³-hybridized carbons (Fsp3) is 0.381. The van der Waals surface area contributed by atoms with Crippen LogP contribution in [0.5, 0.6) is 11.5 Å². The molecule has 0 fully saturated rings. The van der Waals surface area contributed by atoms with E-state index in [9.17, 15) is 4.79 Å². The van der Waals surface area contributed by atoms with Gasteiger partial charge in [-0.15, -0.1) is 0 Å². The molecule has 0 atom stereocenters. The van der Waals surface area contributed by atoms with Crippen LogP contribution in [0.4, 0.5) is 0 Å². The highest BCUT2D eigenvalue weighted by Gasteiger charge is 2.26. The minimum Gasteiger partial charge on any atom is -0.494 e. The van der Waals surface area contributed by atoms with Crippen molar-refractivity contribution in [3.63, 3.8) is 0 Å². The van der Waals surface area contributed by atoms with E-state index in [0.717, 1.165) is 33.4 Å². The van der Waals surface area contributed by atoms with Crippen LogP contribution in [0.15, 0.2) is 24.3 Å². The first-order chi connectivity index (χ1) is 12.7. The van der Waals surface area contributed by atoms with E-state index in [2.05, 4.69) is 0 Å². The zero-order chi connectivity index (χ0) is 18.7. The van der Waals surface area contributed by atoms with Crippen molar-refractivity contribution in [2.75, 3.05) is 26.9 Å². The van der Waals surface area contributed by atoms with Gasteiger partial charge >= 0.3 is 5.97 Å². The van der Waals surface area contributed by atoms with E-state index in [1.54, 1.807) is 6.07 Å². The largest absolute Gasteiger partial charge is 0.494 e. The Bertz CT molecular complexity index is 867. The molecule has 0 saturated heterocycles. The number of hydrogen-bond acceptors (Lipinski definition) is 5. The van der Waals surface area contributed by atoms with Crippen LogP contribution in [0.3, 0.4) is 0 Å². The minimum absolute atomic E-state index is 0.371. The van der Waals surface area contributed by atoms with E-state index in [4.69, 9.17) is 18.9 Å². The normalized spacial score (nSPS) is 12.5. The van der Waals surface area contributed by atoms with E-state index < -0.39 is 0 Å². The molecular formula is C21H24O5. The molecule has 0 aromatic heterocycles. The molecule has 2 aromatic carbocycles. The van der Waals surface area contributed by atoms with Gasteiger partial charge in [-0.25, -0.2) is 4.79 Å². The number of carbonyl (C=O) groups is 1. The van der Waals surface area contributed by atoms with Crippen molar-refractivity contribution in [1.82, 2.24) is 0 Å². The van der Waals surface area contributed by atoms with Crippen LogP contribution in [0, 0.1) is 0 Å². The standard InChI is InChI=1S/C21H24O5/c1-5-24-16-10-8-13-15(21(22)23-4)12-18(26-7-3)20-17(25-6-2)11-9-14(16)19(13)20/h9-12H,5-8H2,1-4H3. The molecule has 3 rings (SSSR count). The molecule has 1 aliphatic rings. The van der Waals surface area contributed by atoms with Crippen LogP contribution in [0.2, 0.25) is 0 Å². The van der Waals surface area contributed by atoms with Crippen molar-refractivity contribution < 1.29 is 23.7 Å². The molecule has 5 nitrogen and oxygen atoms in total. The van der Waals surface area contributed by atoms with Gasteiger partial charge in [0.2, 0.25) is 0 Å². The molecular weight excluding hydrogens is 332 g/mol. The van der Waals surface area contributed by atoms with Crippen molar-refractivity contribution in [2.24, 2.45) is 0 Å². The highest BCUT2D eigenvalue weighted by molar-refractivity contribution is 6.08. The molecule has 0 saturated carbocycles. The Morgan fingerprint density at radius 2 is 1.65 bits per heavy atom. The monoisotopic (exact) mass is 356 g/mol. The Hall–Kier alpha value is -2.69. The van der Waals surface area contributed by atoms with Gasteiger partial charge in [-0.2, -0.15) is 0 Å². The minimum atomic E-state index is -0.371. The van der Waals surface area contributed by atoms with Crippen LogP contribution >= 0.6 is 0 Å². The number of rotatable bonds is 7. The lowest BCUT2D eigenvalue weighted by molar-refractivity contribution is 0.0599. The average molecular weight is 356 g/mol. The quantitative estimate of drug-likeness (QED) is 0.690. The highest BCUT2D eigenvalue weighted by Crippen LogP contribution is 2.44. The van der Waals surface area contributed by atoms with E-state index >= 15 is 0 Å². The molecule has 1 aliphatic carbocycles. The average Bonchev–Trinajstić information content (AvgIpc) is 2.66. The van der Waals surface area contributed by atoms with Crippen LogP contribution in [0.1, 0.15) is 42.3 Å². The number of methoxy groups -OCH3 is 1. The zero-order valence-electron chi connectivity index (χ0n) is 15.7. The summed E-state index contributed by atoms with van der Waals surface area (Å²) >= 11 is 0. The maximum absolute atomic E-state index is 12.4. The summed E-state index contributed by atoms with van der Waals surface area (Å²) in [6.45, 7) is 7.42. The van der Waals surface area contributed by atoms with E-state index in [1.807, 2.05) is 39.0 Å². The van der Waals surface area contributed by atoms with Gasteiger partial charge in [-0.3, -0.25) is 0 Å². The summed E-state index contributed by atoms with van der Waals surface area (Å²) in [5, 5.41) is 1.81. The van der Waals surface area contributed by atoms with Gasteiger partial charge in [0.15, 0.2) is 0 Å². The summed E-state index contributed by atoms with van der Waals surface area (Å²) in [6, 6.07) is 5.68. The zero-order valence-corrected chi connectivity index (χ0v) is 15.7. The first kappa shape index (κ1) is 18.1. The third kappa shape index (κ3) is 2.98. The van der Waals surface area contributed by atoms with Crippen molar-refractivity contribution in [3.8, 4) is 11.5 Å². The molecule has 26 heavy (non-hydrogen) atoms. The van der Waals surface area contributed by atoms with Crippen molar-refractivity contribution in [1.29, 1.82) is 0 Å². The highest BCUT2D eigenvalue weighted by atomic mass is 16.5. The fourth-order valence-electron chi connectivity index (χ4n) is 3.42. The number of ether oxygens (including phenoxy) is 4. The number of benzene rings is 2. The van der Waals surface area contributed by atoms with Crippen molar-refractivity contribution in [2.45, 2.75) is 27.2 Å². The number of esters is 1. The molecule has 0 bridgehead atoms. The SMILES string of the molecule is CCOC1=CCc2c(C(=O)OC)cc(OCC)c3c(OCC)ccc1c23. The molecule has 0 unspecified atom stereocenters. The second-order valence-corrected chi connectivity index (χ2v) is 5.83. The molecule has 0 aliphatic heterocycles. The third-order valence-corrected chi connectivity index (χ3v) is 4.38. The first-order valence-corrected chi connectivity index (χ1v) is 8.95. The summed E-state index contributed by atoms with van der Waals surface area (Å²) in [5.74, 6) is 1.81. The van der Waals surface area contributed by atoms with Crippen molar-refractivity contribution in [3.05, 3.63) is 41.0 Å². The molecule has 2 aromatic rings. The molecule has 0 heterocycles. The van der Waals surface area contributed by atoms with Crippen LogP contribution in [-0.2, 0) is 15.9 Å². The second-order valence-electron chi connectivity index (χ2n) is 5.83. The van der Waals surface area contributed by atoms with Gasteiger partial charge in [0.05, 0.1) is 37.9 Å². The lowest BCUT2D eigenvalue weighted by Crippen LogP contribution is -2.12. The van der Waals surface area contributed by atoms with Gasteiger partial charge in [0, 0.05) is 10.9 Å². The summed E-state index contributed by atoms with van der Waals surface area (Å²) in [5.41, 5.74) is 2.37. The van der Waals surface area contributed by atoms with E-state index in [1.165, 1.54) is 7.11 Å². The smallest absolute Gasteiger partial charge is 0.338 e. The molecule has 0 radical (unpaired) electrons. The Balaban J connectivity index is 2.39. The van der Waals surface area contributed by atoms with Gasteiger partial charge < -0.3 is 18.9 Å². The lowest BCUT2D eigenvalue weighted by Gasteiger charge is -2.24. The summed E-state index contributed by atoms with van der Waals surface area (Å²) < 4.78 is 22.5. The number of allylic oxidation sites excluding steroid dienone is 1. The Labute approximate surface area is 153 Å². The molecule has 0 spiro atoms. The van der Waals surface area contributed by atoms with Gasteiger partial charge in [-0.05, 0) is 57.0 Å². The molecule has 0 amide bonds. The third-order valence-electron chi connectivity index (χ3n) is 4.38. The van der Waals surface area contributed by atoms with Gasteiger partial charge in [0.1, 0.15) is 17.3 Å². The Kier molecular flexibility index (Phi) is 5.35. The summed E-state index contributed by atoms with van der Waals surface area (Å²) in [7, 11) is 1.39. The van der Waals surface area contributed by atoms with Crippen LogP contribution in [0.25, 0.3) is 16.5 Å². The van der Waals surface area contributed by atoms with Gasteiger partial charge in [0.25, 0.3) is 0 Å². The fourth-order valence-corrected chi connectivity index (χ4v) is 3.42. The van der Waals surface area contributed by atoms with Crippen LogP contribution < -0.4 is 9.47 Å². The van der Waals surface area contributed by atoms with Crippen molar-refractivity contribution >= 4 is 22.5 Å². The Morgan fingerprint density at radius 3 is 2.31 bits per heavy atom. The molecule has 0 N–H and O–H groups in total. The van der Waals surface area contributed by atoms with Gasteiger partial charge in [-0.1, -0.05) is 0 Å².